The first kappa shape index (κ1) is 13.1. The molecular weight excluding hydrogens is 238 g/mol. The fraction of sp³-hybridized carbons (Fsp3) is 0.188. The number of hydrogen-bond acceptors (Lipinski definition) is 2. The van der Waals surface area contributed by atoms with E-state index in [9.17, 15) is 9.90 Å². The van der Waals surface area contributed by atoms with Crippen molar-refractivity contribution in [2.45, 2.75) is 13.5 Å². The first-order valence-electron chi connectivity index (χ1n) is 6.16. The normalized spacial score (nSPS) is 10.2. The Morgan fingerprint density at radius 3 is 2.58 bits per heavy atom. The summed E-state index contributed by atoms with van der Waals surface area (Å²) in [5.41, 5.74) is 2.77. The molecule has 0 saturated heterocycles. The molecule has 0 aliphatic rings. The quantitative estimate of drug-likeness (QED) is 0.916. The molecule has 2 rings (SSSR count). The molecule has 0 aliphatic heterocycles. The maximum atomic E-state index is 12.2. The van der Waals surface area contributed by atoms with Crippen LogP contribution >= 0.6 is 0 Å². The highest BCUT2D eigenvalue weighted by atomic mass is 16.3. The third-order valence-corrected chi connectivity index (χ3v) is 2.94. The molecule has 98 valence electrons. The molecule has 0 spiro atoms. The SMILES string of the molecule is Cc1cccc(CN(C)C(=O)c2cccc(O)c2)c1. The molecule has 0 radical (unpaired) electrons. The molecule has 19 heavy (non-hydrogen) atoms. The highest BCUT2D eigenvalue weighted by molar-refractivity contribution is 5.94. The predicted octanol–water partition coefficient (Wildman–Crippen LogP) is 2.97. The van der Waals surface area contributed by atoms with Crippen LogP contribution in [0.5, 0.6) is 5.75 Å². The Kier molecular flexibility index (Phi) is 3.85. The highest BCUT2D eigenvalue weighted by Crippen LogP contribution is 2.14. The molecule has 3 nitrogen and oxygen atoms in total. The zero-order valence-electron chi connectivity index (χ0n) is 11.1. The van der Waals surface area contributed by atoms with Crippen LogP contribution in [-0.4, -0.2) is 23.0 Å². The van der Waals surface area contributed by atoms with Crippen LogP contribution in [0.4, 0.5) is 0 Å². The summed E-state index contributed by atoms with van der Waals surface area (Å²) in [7, 11) is 1.76. The van der Waals surface area contributed by atoms with E-state index < -0.39 is 0 Å². The minimum atomic E-state index is -0.0996. The molecule has 1 N–H and O–H groups in total. The van der Waals surface area contributed by atoms with Crippen LogP contribution in [0.3, 0.4) is 0 Å². The molecule has 1 amide bonds. The summed E-state index contributed by atoms with van der Waals surface area (Å²) in [5, 5.41) is 9.40. The number of carbonyl (C=O) groups is 1. The second-order valence-electron chi connectivity index (χ2n) is 4.70. The monoisotopic (exact) mass is 255 g/mol. The zero-order valence-corrected chi connectivity index (χ0v) is 11.1. The summed E-state index contributed by atoms with van der Waals surface area (Å²) in [5.74, 6) is 0.00668. The summed E-state index contributed by atoms with van der Waals surface area (Å²) >= 11 is 0. The summed E-state index contributed by atoms with van der Waals surface area (Å²) in [6, 6.07) is 14.5. The number of phenolic OH excluding ortho intramolecular Hbond substituents is 1. The minimum absolute atomic E-state index is 0.0996. The van der Waals surface area contributed by atoms with E-state index in [1.165, 1.54) is 11.6 Å². The minimum Gasteiger partial charge on any atom is -0.508 e. The van der Waals surface area contributed by atoms with E-state index in [0.717, 1.165) is 5.56 Å². The molecule has 3 heteroatoms. The van der Waals surface area contributed by atoms with E-state index in [1.54, 1.807) is 30.1 Å². The number of hydrogen-bond donors (Lipinski definition) is 1. The Bertz CT molecular complexity index is 593. The molecule has 0 fully saturated rings. The smallest absolute Gasteiger partial charge is 0.254 e. The van der Waals surface area contributed by atoms with E-state index in [-0.39, 0.29) is 11.7 Å². The fourth-order valence-electron chi connectivity index (χ4n) is 2.02. The number of rotatable bonds is 3. The molecule has 0 aliphatic carbocycles. The van der Waals surface area contributed by atoms with Gasteiger partial charge in [0, 0.05) is 19.2 Å². The number of nitrogens with zero attached hydrogens (tertiary/aromatic N) is 1. The van der Waals surface area contributed by atoms with E-state index in [1.807, 2.05) is 25.1 Å². The summed E-state index contributed by atoms with van der Waals surface area (Å²) in [6.45, 7) is 2.58. The van der Waals surface area contributed by atoms with Crippen LogP contribution in [0.25, 0.3) is 0 Å². The van der Waals surface area contributed by atoms with Crippen molar-refractivity contribution in [1.82, 2.24) is 4.90 Å². The Labute approximate surface area is 113 Å². The first-order chi connectivity index (χ1) is 9.06. The van der Waals surface area contributed by atoms with E-state index in [2.05, 4.69) is 6.07 Å². The molecule has 0 unspecified atom stereocenters. The van der Waals surface area contributed by atoms with Crippen LogP contribution < -0.4 is 0 Å². The van der Waals surface area contributed by atoms with Crippen LogP contribution in [-0.2, 0) is 6.54 Å². The number of amides is 1. The maximum absolute atomic E-state index is 12.2. The standard InChI is InChI=1S/C16H17NO2/c1-12-5-3-6-13(9-12)11-17(2)16(19)14-7-4-8-15(18)10-14/h3-10,18H,11H2,1-2H3. The lowest BCUT2D eigenvalue weighted by molar-refractivity contribution is 0.0784. The molecule has 0 saturated carbocycles. The Balaban J connectivity index is 2.12. The predicted molar refractivity (Wildman–Crippen MR) is 75.1 cm³/mol. The van der Waals surface area contributed by atoms with E-state index in [0.29, 0.717) is 12.1 Å². The maximum Gasteiger partial charge on any atom is 0.254 e. The molecule has 2 aromatic rings. The average molecular weight is 255 g/mol. The third-order valence-electron chi connectivity index (χ3n) is 2.94. The van der Waals surface area contributed by atoms with Crippen molar-refractivity contribution in [2.75, 3.05) is 7.05 Å². The lowest BCUT2D eigenvalue weighted by Gasteiger charge is -2.17. The van der Waals surface area contributed by atoms with Gasteiger partial charge in [0.25, 0.3) is 5.91 Å². The van der Waals surface area contributed by atoms with Crippen LogP contribution in [0.15, 0.2) is 48.5 Å². The molecule has 0 atom stereocenters. The van der Waals surface area contributed by atoms with Gasteiger partial charge in [0.15, 0.2) is 0 Å². The van der Waals surface area contributed by atoms with Crippen molar-refractivity contribution in [2.24, 2.45) is 0 Å². The highest BCUT2D eigenvalue weighted by Gasteiger charge is 2.12. The van der Waals surface area contributed by atoms with Gasteiger partial charge in [-0.2, -0.15) is 0 Å². The van der Waals surface area contributed by atoms with Gasteiger partial charge < -0.3 is 10.0 Å². The summed E-state index contributed by atoms with van der Waals surface area (Å²) in [6.07, 6.45) is 0. The van der Waals surface area contributed by atoms with Crippen molar-refractivity contribution >= 4 is 5.91 Å². The topological polar surface area (TPSA) is 40.5 Å². The van der Waals surface area contributed by atoms with Crippen LogP contribution in [0.1, 0.15) is 21.5 Å². The summed E-state index contributed by atoms with van der Waals surface area (Å²) < 4.78 is 0. The second kappa shape index (κ2) is 5.57. The second-order valence-corrected chi connectivity index (χ2v) is 4.70. The Hall–Kier alpha value is -2.29. The van der Waals surface area contributed by atoms with Crippen molar-refractivity contribution < 1.29 is 9.90 Å². The largest absolute Gasteiger partial charge is 0.508 e. The van der Waals surface area contributed by atoms with Crippen molar-refractivity contribution in [1.29, 1.82) is 0 Å². The van der Waals surface area contributed by atoms with Gasteiger partial charge >= 0.3 is 0 Å². The lowest BCUT2D eigenvalue weighted by atomic mass is 10.1. The van der Waals surface area contributed by atoms with Gasteiger partial charge in [-0.25, -0.2) is 0 Å². The Morgan fingerprint density at radius 1 is 1.16 bits per heavy atom. The van der Waals surface area contributed by atoms with Crippen LogP contribution in [0, 0.1) is 6.92 Å². The molecular formula is C16H17NO2. The number of phenols is 1. The molecule has 0 aromatic heterocycles. The van der Waals surface area contributed by atoms with Crippen molar-refractivity contribution in [3.05, 3.63) is 65.2 Å². The van der Waals surface area contributed by atoms with E-state index in [4.69, 9.17) is 0 Å². The van der Waals surface area contributed by atoms with Gasteiger partial charge in [-0.15, -0.1) is 0 Å². The number of aryl methyl sites for hydroxylation is 1. The number of aromatic hydroxyl groups is 1. The Morgan fingerprint density at radius 2 is 1.89 bits per heavy atom. The number of carbonyl (C=O) groups excluding carboxylic acids is 1. The average Bonchev–Trinajstić information content (AvgIpc) is 2.38. The lowest BCUT2D eigenvalue weighted by Crippen LogP contribution is -2.26. The van der Waals surface area contributed by atoms with Crippen LogP contribution in [0.2, 0.25) is 0 Å². The first-order valence-corrected chi connectivity index (χ1v) is 6.16. The van der Waals surface area contributed by atoms with Gasteiger partial charge in [0.2, 0.25) is 0 Å². The zero-order chi connectivity index (χ0) is 13.8. The van der Waals surface area contributed by atoms with Crippen molar-refractivity contribution in [3.63, 3.8) is 0 Å². The van der Waals surface area contributed by atoms with Crippen molar-refractivity contribution in [3.8, 4) is 5.75 Å². The van der Waals surface area contributed by atoms with Gasteiger partial charge in [-0.05, 0) is 30.7 Å². The fourth-order valence-corrected chi connectivity index (χ4v) is 2.02. The van der Waals surface area contributed by atoms with Gasteiger partial charge in [0.05, 0.1) is 0 Å². The third kappa shape index (κ3) is 3.35. The number of benzene rings is 2. The summed E-state index contributed by atoms with van der Waals surface area (Å²) in [4.78, 5) is 13.8. The van der Waals surface area contributed by atoms with Gasteiger partial charge in [-0.3, -0.25) is 4.79 Å². The van der Waals surface area contributed by atoms with Gasteiger partial charge in [-0.1, -0.05) is 35.9 Å². The molecule has 0 heterocycles. The molecule has 2 aromatic carbocycles. The molecule has 0 bridgehead atoms. The van der Waals surface area contributed by atoms with E-state index >= 15 is 0 Å². The van der Waals surface area contributed by atoms with Gasteiger partial charge in [0.1, 0.15) is 5.75 Å².